The summed E-state index contributed by atoms with van der Waals surface area (Å²) in [6, 6.07) is 3.19. The van der Waals surface area contributed by atoms with Crippen LogP contribution in [-0.2, 0) is 6.54 Å². The van der Waals surface area contributed by atoms with Gasteiger partial charge in [0, 0.05) is 11.8 Å². The first-order chi connectivity index (χ1) is 6.18. The van der Waals surface area contributed by atoms with Gasteiger partial charge in [0.15, 0.2) is 0 Å². The Morgan fingerprint density at radius 1 is 1.38 bits per heavy atom. The average Bonchev–Trinajstić information content (AvgIpc) is 2.49. The van der Waals surface area contributed by atoms with Crippen molar-refractivity contribution < 1.29 is 4.39 Å². The first kappa shape index (κ1) is 8.42. The largest absolute Gasteiger partial charge is 0.288 e. The van der Waals surface area contributed by atoms with Crippen LogP contribution in [0.15, 0.2) is 17.1 Å². The number of rotatable bonds is 1. The molecule has 1 heterocycles. The highest BCUT2D eigenvalue weighted by atomic mass is 19.1. The second kappa shape index (κ2) is 2.95. The van der Waals surface area contributed by atoms with Crippen LogP contribution in [0.2, 0.25) is 0 Å². The maximum absolute atomic E-state index is 13.1. The van der Waals surface area contributed by atoms with E-state index in [2.05, 4.69) is 18.8 Å². The van der Waals surface area contributed by atoms with Gasteiger partial charge in [0.2, 0.25) is 0 Å². The molecule has 0 spiro atoms. The van der Waals surface area contributed by atoms with Crippen LogP contribution in [0.25, 0.3) is 0 Å². The number of aliphatic imine (C=N–C) groups is 1. The molecule has 1 nitrogen and oxygen atoms in total. The lowest BCUT2D eigenvalue weighted by Gasteiger charge is -2.10. The Balaban J connectivity index is 2.60. The molecule has 68 valence electrons. The number of fused-ring (bicyclic) bond motifs is 1. The molecule has 0 saturated heterocycles. The predicted molar refractivity (Wildman–Crippen MR) is 51.8 cm³/mol. The number of nitrogens with zero attached hydrogens (tertiary/aromatic N) is 1. The van der Waals surface area contributed by atoms with E-state index in [1.807, 2.05) is 6.21 Å². The molecule has 0 unspecified atom stereocenters. The zero-order valence-electron chi connectivity index (χ0n) is 7.84. The molecule has 0 aromatic heterocycles. The third-order valence-electron chi connectivity index (χ3n) is 2.37. The first-order valence-electron chi connectivity index (χ1n) is 4.50. The van der Waals surface area contributed by atoms with Crippen LogP contribution in [0.4, 0.5) is 4.39 Å². The number of halogens is 1. The average molecular weight is 177 g/mol. The van der Waals surface area contributed by atoms with Crippen molar-refractivity contribution >= 4 is 6.21 Å². The van der Waals surface area contributed by atoms with Gasteiger partial charge in [-0.25, -0.2) is 4.39 Å². The molecule has 1 aromatic rings. The Hall–Kier alpha value is -1.18. The van der Waals surface area contributed by atoms with E-state index in [0.717, 1.165) is 16.7 Å². The summed E-state index contributed by atoms with van der Waals surface area (Å²) in [6.07, 6.45) is 1.85. The second-order valence-corrected chi connectivity index (χ2v) is 3.69. The Kier molecular flexibility index (Phi) is 1.91. The lowest BCUT2D eigenvalue weighted by Crippen LogP contribution is -1.98. The quantitative estimate of drug-likeness (QED) is 0.625. The second-order valence-electron chi connectivity index (χ2n) is 3.69. The fourth-order valence-electron chi connectivity index (χ4n) is 1.70. The minimum Gasteiger partial charge on any atom is -0.288 e. The summed E-state index contributed by atoms with van der Waals surface area (Å²) in [5.74, 6) is 0.210. The molecule has 1 aliphatic heterocycles. The molecule has 2 rings (SSSR count). The standard InChI is InChI=1S/C11H12FN/c1-7(2)10-4-9(12)3-8-5-13-6-11(8)10/h3-4,6-7H,5H2,1-2H3. The smallest absolute Gasteiger partial charge is 0.123 e. The van der Waals surface area contributed by atoms with Crippen molar-refractivity contribution in [3.8, 4) is 0 Å². The van der Waals surface area contributed by atoms with Crippen LogP contribution in [0, 0.1) is 5.82 Å². The van der Waals surface area contributed by atoms with Gasteiger partial charge in [0.25, 0.3) is 0 Å². The molecule has 0 aliphatic carbocycles. The molecular formula is C11H12FN. The SMILES string of the molecule is CC(C)c1cc(F)cc2c1C=NC2. The summed E-state index contributed by atoms with van der Waals surface area (Å²) in [5, 5.41) is 0. The molecule has 0 saturated carbocycles. The van der Waals surface area contributed by atoms with Gasteiger partial charge in [-0.2, -0.15) is 0 Å². The minimum atomic E-state index is -0.145. The van der Waals surface area contributed by atoms with E-state index in [0.29, 0.717) is 12.5 Å². The summed E-state index contributed by atoms with van der Waals surface area (Å²) in [4.78, 5) is 4.14. The molecule has 1 aromatic carbocycles. The Morgan fingerprint density at radius 3 is 2.85 bits per heavy atom. The summed E-state index contributed by atoms with van der Waals surface area (Å²) < 4.78 is 13.1. The van der Waals surface area contributed by atoms with E-state index in [4.69, 9.17) is 0 Å². The Morgan fingerprint density at radius 2 is 2.15 bits per heavy atom. The maximum atomic E-state index is 13.1. The molecule has 13 heavy (non-hydrogen) atoms. The molecule has 0 N–H and O–H groups in total. The van der Waals surface area contributed by atoms with Crippen molar-refractivity contribution in [1.29, 1.82) is 0 Å². The topological polar surface area (TPSA) is 12.4 Å². The monoisotopic (exact) mass is 177 g/mol. The molecule has 0 amide bonds. The van der Waals surface area contributed by atoms with Gasteiger partial charge >= 0.3 is 0 Å². The zero-order valence-corrected chi connectivity index (χ0v) is 7.84. The molecule has 1 aliphatic rings. The third kappa shape index (κ3) is 1.37. The van der Waals surface area contributed by atoms with Gasteiger partial charge in [-0.15, -0.1) is 0 Å². The van der Waals surface area contributed by atoms with Crippen molar-refractivity contribution in [3.63, 3.8) is 0 Å². The highest BCUT2D eigenvalue weighted by Crippen LogP contribution is 2.26. The van der Waals surface area contributed by atoms with Gasteiger partial charge in [0.1, 0.15) is 5.82 Å². The highest BCUT2D eigenvalue weighted by molar-refractivity contribution is 5.86. The Labute approximate surface area is 77.3 Å². The van der Waals surface area contributed by atoms with Crippen molar-refractivity contribution in [2.24, 2.45) is 4.99 Å². The number of hydrogen-bond acceptors (Lipinski definition) is 1. The molecule has 0 bridgehead atoms. The summed E-state index contributed by atoms with van der Waals surface area (Å²) in [7, 11) is 0. The normalized spacial score (nSPS) is 13.8. The summed E-state index contributed by atoms with van der Waals surface area (Å²) in [6.45, 7) is 4.77. The third-order valence-corrected chi connectivity index (χ3v) is 2.37. The summed E-state index contributed by atoms with van der Waals surface area (Å²) in [5.41, 5.74) is 3.20. The highest BCUT2D eigenvalue weighted by Gasteiger charge is 2.14. The summed E-state index contributed by atoms with van der Waals surface area (Å²) >= 11 is 0. The fourth-order valence-corrected chi connectivity index (χ4v) is 1.70. The van der Waals surface area contributed by atoms with Crippen molar-refractivity contribution in [2.45, 2.75) is 26.3 Å². The lowest BCUT2D eigenvalue weighted by molar-refractivity contribution is 0.621. The molecule has 0 radical (unpaired) electrons. The van der Waals surface area contributed by atoms with Crippen LogP contribution < -0.4 is 0 Å². The number of hydrogen-bond donors (Lipinski definition) is 0. The van der Waals surface area contributed by atoms with E-state index in [-0.39, 0.29) is 5.82 Å². The molecule has 0 fully saturated rings. The van der Waals surface area contributed by atoms with E-state index >= 15 is 0 Å². The van der Waals surface area contributed by atoms with Crippen LogP contribution in [-0.4, -0.2) is 6.21 Å². The Bertz CT molecular complexity index is 367. The number of benzene rings is 1. The van der Waals surface area contributed by atoms with E-state index < -0.39 is 0 Å². The first-order valence-corrected chi connectivity index (χ1v) is 4.50. The van der Waals surface area contributed by atoms with Crippen LogP contribution in [0.5, 0.6) is 0 Å². The zero-order chi connectivity index (χ0) is 9.42. The van der Waals surface area contributed by atoms with Crippen LogP contribution >= 0.6 is 0 Å². The van der Waals surface area contributed by atoms with E-state index in [1.54, 1.807) is 12.1 Å². The van der Waals surface area contributed by atoms with Crippen molar-refractivity contribution in [2.75, 3.05) is 0 Å². The van der Waals surface area contributed by atoms with Gasteiger partial charge in [0.05, 0.1) is 6.54 Å². The minimum absolute atomic E-state index is 0.145. The van der Waals surface area contributed by atoms with Crippen molar-refractivity contribution in [1.82, 2.24) is 0 Å². The van der Waals surface area contributed by atoms with Gasteiger partial charge in [-0.3, -0.25) is 4.99 Å². The maximum Gasteiger partial charge on any atom is 0.123 e. The van der Waals surface area contributed by atoms with Crippen molar-refractivity contribution in [3.05, 3.63) is 34.6 Å². The molecule has 2 heteroatoms. The van der Waals surface area contributed by atoms with E-state index in [9.17, 15) is 4.39 Å². The van der Waals surface area contributed by atoms with Gasteiger partial charge in [-0.05, 0) is 29.2 Å². The van der Waals surface area contributed by atoms with Gasteiger partial charge < -0.3 is 0 Å². The van der Waals surface area contributed by atoms with E-state index in [1.165, 1.54) is 0 Å². The molecule has 0 atom stereocenters. The van der Waals surface area contributed by atoms with Gasteiger partial charge in [-0.1, -0.05) is 13.8 Å². The molecular weight excluding hydrogens is 165 g/mol. The lowest BCUT2D eigenvalue weighted by atomic mass is 9.95. The fraction of sp³-hybridized carbons (Fsp3) is 0.364. The van der Waals surface area contributed by atoms with Crippen LogP contribution in [0.3, 0.4) is 0 Å². The predicted octanol–water partition coefficient (Wildman–Crippen LogP) is 2.88. The van der Waals surface area contributed by atoms with Crippen LogP contribution in [0.1, 0.15) is 36.5 Å².